The monoisotopic (exact) mass is 451 g/mol. The quantitative estimate of drug-likeness (QED) is 0.455. The highest BCUT2D eigenvalue weighted by Gasteiger charge is 2.36. The van der Waals surface area contributed by atoms with Gasteiger partial charge in [0.2, 0.25) is 0 Å². The van der Waals surface area contributed by atoms with Gasteiger partial charge < -0.3 is 4.90 Å². The van der Waals surface area contributed by atoms with Crippen molar-refractivity contribution in [2.75, 3.05) is 21.1 Å². The first kappa shape index (κ1) is 25.0. The Balaban J connectivity index is 0.000000709. The van der Waals surface area contributed by atoms with Crippen molar-refractivity contribution in [3.05, 3.63) is 119 Å². The van der Waals surface area contributed by atoms with Crippen molar-refractivity contribution in [3.8, 4) is 0 Å². The van der Waals surface area contributed by atoms with Gasteiger partial charge in [-0.25, -0.2) is 17.7 Å². The van der Waals surface area contributed by atoms with E-state index in [1.54, 1.807) is 0 Å². The van der Waals surface area contributed by atoms with Crippen LogP contribution in [0.3, 0.4) is 0 Å². The Hall–Kier alpha value is -2.63. The van der Waals surface area contributed by atoms with Gasteiger partial charge in [0, 0.05) is 0 Å². The Morgan fingerprint density at radius 2 is 0.515 bits per heavy atom. The van der Waals surface area contributed by atoms with Crippen molar-refractivity contribution in [1.29, 1.82) is 0 Å². The molecule has 170 valence electrons. The van der Waals surface area contributed by atoms with Crippen LogP contribution in [0.1, 0.15) is 22.3 Å². The van der Waals surface area contributed by atoms with E-state index in [1.165, 1.54) is 44.9 Å². The van der Waals surface area contributed by atoms with Crippen molar-refractivity contribution in [1.82, 2.24) is 0 Å². The molecule has 0 saturated heterocycles. The van der Waals surface area contributed by atoms with Gasteiger partial charge in [-0.2, -0.15) is 0 Å². The molecule has 0 unspecified atom stereocenters. The number of rotatable bonds is 4. The maximum Gasteiger partial charge on any atom is 0.266 e. The molecule has 0 aliphatic heterocycles. The fourth-order valence-electron chi connectivity index (χ4n) is 4.58. The van der Waals surface area contributed by atoms with Gasteiger partial charge in [0.25, 0.3) is 13.1 Å². The molecule has 0 aliphatic carbocycles. The maximum atomic E-state index is 2.36. The molecule has 1 nitrogen and oxygen atoms in total. The first-order valence-electron chi connectivity index (χ1n) is 11.9. The fourth-order valence-corrected chi connectivity index (χ4v) is 9.96. The summed E-state index contributed by atoms with van der Waals surface area (Å²) in [5.74, 6) is 0. The normalized spacial score (nSPS) is 11.2. The molecule has 0 spiro atoms. The van der Waals surface area contributed by atoms with Crippen LogP contribution in [-0.2, 0) is 0 Å². The zero-order valence-electron chi connectivity index (χ0n) is 21.3. The molecule has 0 heterocycles. The molecule has 1 N–H and O–H groups in total. The highest BCUT2D eigenvalue weighted by Crippen LogP contribution is 2.12. The maximum absolute atomic E-state index is 2.80. The second-order valence-corrected chi connectivity index (χ2v) is 14.4. The number of nitrogens with one attached hydrogen (secondary N) is 1. The van der Waals surface area contributed by atoms with Crippen molar-refractivity contribution in [2.45, 2.75) is 27.7 Å². The van der Waals surface area contributed by atoms with Gasteiger partial charge in [0.05, 0.1) is 21.1 Å². The second kappa shape index (κ2) is 11.0. The lowest BCUT2D eigenvalue weighted by atomic mass is 10.2. The summed E-state index contributed by atoms with van der Waals surface area (Å²) in [6.07, 6.45) is 0. The van der Waals surface area contributed by atoms with Crippen LogP contribution in [0, 0.1) is 27.7 Å². The molecule has 4 rings (SSSR count). The Morgan fingerprint density at radius 1 is 0.364 bits per heavy atom. The standard InChI is InChI=1S/4C7H7.C3H9N.Al/c4*1-7-5-3-2-4-6-7;1-4(2)3;/h4*3-6H,1H3;1-3H3;/q;;;;;-1/p+1. The minimum atomic E-state index is -2.80. The van der Waals surface area contributed by atoms with Crippen LogP contribution < -0.4 is 22.6 Å². The van der Waals surface area contributed by atoms with E-state index in [4.69, 9.17) is 0 Å². The zero-order valence-corrected chi connectivity index (χ0v) is 22.5. The summed E-state index contributed by atoms with van der Waals surface area (Å²) in [5.41, 5.74) is 5.22. The van der Waals surface area contributed by atoms with Gasteiger partial charge >= 0.3 is 0 Å². The van der Waals surface area contributed by atoms with E-state index >= 15 is 0 Å². The van der Waals surface area contributed by atoms with Crippen LogP contribution in [0.5, 0.6) is 0 Å². The molecule has 33 heavy (non-hydrogen) atoms. The van der Waals surface area contributed by atoms with Gasteiger partial charge in [0.15, 0.2) is 0 Å². The van der Waals surface area contributed by atoms with Crippen molar-refractivity contribution in [2.24, 2.45) is 0 Å². The molecule has 0 amide bonds. The summed E-state index contributed by atoms with van der Waals surface area (Å²) >= 11 is -2.80. The Labute approximate surface area is 203 Å². The fraction of sp³-hybridized carbons (Fsp3) is 0.226. The number of hydrogen-bond donors (Lipinski definition) is 1. The van der Waals surface area contributed by atoms with E-state index in [9.17, 15) is 0 Å². The molecule has 0 radical (unpaired) electrons. The molecule has 0 atom stereocenters. The lowest BCUT2D eigenvalue weighted by molar-refractivity contribution is -0.836. The minimum Gasteiger partial charge on any atom is -0.342 e. The smallest absolute Gasteiger partial charge is 0.266 e. The van der Waals surface area contributed by atoms with E-state index < -0.39 is 13.1 Å². The lowest BCUT2D eigenvalue weighted by Crippen LogP contribution is -3.02. The van der Waals surface area contributed by atoms with E-state index in [1.807, 2.05) is 0 Å². The summed E-state index contributed by atoms with van der Waals surface area (Å²) in [5, 5.41) is 0. The van der Waals surface area contributed by atoms with Gasteiger partial charge in [0.1, 0.15) is 0 Å². The lowest BCUT2D eigenvalue weighted by Gasteiger charge is -2.41. The average molecular weight is 452 g/mol. The van der Waals surface area contributed by atoms with Crippen molar-refractivity contribution in [3.63, 3.8) is 0 Å². The number of quaternary nitrogens is 1. The molecular formula is C31H38AlN. The summed E-state index contributed by atoms with van der Waals surface area (Å²) in [7, 11) is 6.25. The molecule has 2 heteroatoms. The number of hydrogen-bond acceptors (Lipinski definition) is 0. The average Bonchev–Trinajstić information content (AvgIpc) is 2.78. The molecule has 0 bridgehead atoms. The van der Waals surface area contributed by atoms with E-state index in [2.05, 4.69) is 146 Å². The molecular weight excluding hydrogens is 413 g/mol. The highest BCUT2D eigenvalue weighted by molar-refractivity contribution is 7.19. The van der Waals surface area contributed by atoms with Crippen LogP contribution in [0.25, 0.3) is 0 Å². The van der Waals surface area contributed by atoms with Gasteiger partial charge in [-0.05, 0) is 27.7 Å². The topological polar surface area (TPSA) is 4.44 Å². The van der Waals surface area contributed by atoms with Crippen molar-refractivity contribution < 1.29 is 4.90 Å². The third-order valence-electron chi connectivity index (χ3n) is 6.31. The third kappa shape index (κ3) is 5.84. The van der Waals surface area contributed by atoms with Crippen LogP contribution in [0.15, 0.2) is 97.1 Å². The van der Waals surface area contributed by atoms with E-state index in [0.29, 0.717) is 0 Å². The summed E-state index contributed by atoms with van der Waals surface area (Å²) in [4.78, 5) is 1.42. The molecule has 4 aromatic carbocycles. The van der Waals surface area contributed by atoms with Crippen LogP contribution in [0.2, 0.25) is 0 Å². The van der Waals surface area contributed by atoms with Crippen LogP contribution >= 0.6 is 0 Å². The van der Waals surface area contributed by atoms with Gasteiger partial charge in [-0.3, -0.25) is 0 Å². The van der Waals surface area contributed by atoms with Crippen LogP contribution in [-0.4, -0.2) is 34.2 Å². The first-order chi connectivity index (χ1) is 15.7. The molecule has 0 fully saturated rings. The third-order valence-corrected chi connectivity index (χ3v) is 11.8. The largest absolute Gasteiger partial charge is 0.342 e. The highest BCUT2D eigenvalue weighted by atomic mass is 27.2. The molecule has 0 aromatic heterocycles. The first-order valence-corrected chi connectivity index (χ1v) is 14.2. The Morgan fingerprint density at radius 3 is 0.667 bits per heavy atom. The Kier molecular flexibility index (Phi) is 8.33. The van der Waals surface area contributed by atoms with Gasteiger partial charge in [-0.1, -0.05) is 70.8 Å². The predicted molar refractivity (Wildman–Crippen MR) is 148 cm³/mol. The molecule has 0 saturated carbocycles. The van der Waals surface area contributed by atoms with Crippen molar-refractivity contribution >= 4 is 30.8 Å². The zero-order chi connectivity index (χ0) is 24.0. The predicted octanol–water partition coefficient (Wildman–Crippen LogP) is 3.06. The second-order valence-electron chi connectivity index (χ2n) is 10.0. The SMILES string of the molecule is C[NH+](C)C.Cc1cc[c]([Al-]([c]2ccc(C)cc2)([c]2ccc(C)cc2)[c]2ccc(C)cc2)cc1. The number of benzene rings is 4. The summed E-state index contributed by atoms with van der Waals surface area (Å²) < 4.78 is 5.83. The molecule has 0 aliphatic rings. The summed E-state index contributed by atoms with van der Waals surface area (Å²) in [6, 6.07) is 37.0. The molecule has 4 aromatic rings. The van der Waals surface area contributed by atoms with Gasteiger partial charge in [-0.15, -0.1) is 48.5 Å². The number of aryl methyl sites for hydroxylation is 4. The van der Waals surface area contributed by atoms with E-state index in [0.717, 1.165) is 0 Å². The van der Waals surface area contributed by atoms with E-state index in [-0.39, 0.29) is 0 Å². The summed E-state index contributed by atoms with van der Waals surface area (Å²) in [6.45, 7) is 8.67. The van der Waals surface area contributed by atoms with Crippen LogP contribution in [0.4, 0.5) is 0 Å². The Bertz CT molecular complexity index is 949. The minimum absolute atomic E-state index is 1.30.